The molecule has 0 N–H and O–H groups in total. The Bertz CT molecular complexity index is 1060. The zero-order valence-electron chi connectivity index (χ0n) is 20.8. The summed E-state index contributed by atoms with van der Waals surface area (Å²) in [7, 11) is -4.27. The highest BCUT2D eigenvalue weighted by atomic mass is 32.2. The number of hydrogen-bond acceptors (Lipinski definition) is 6. The fraction of sp³-hybridized carbons (Fsp3) is 0.556. The number of rotatable bonds is 15. The number of carbonyl (C=O) groups excluding carboxylic acids is 2. The average Bonchev–Trinajstić information content (AvgIpc) is 3.51. The Labute approximate surface area is 215 Å². The normalized spacial score (nSPS) is 18.4. The second-order valence-electron chi connectivity index (χ2n) is 9.48. The molecule has 3 rings (SSSR count). The van der Waals surface area contributed by atoms with Gasteiger partial charge in [0.2, 0.25) is 0 Å². The van der Waals surface area contributed by atoms with Gasteiger partial charge < -0.3 is 0 Å². The largest absolute Gasteiger partial charge is 0.314 e. The van der Waals surface area contributed by atoms with E-state index >= 15 is 0 Å². The summed E-state index contributed by atoms with van der Waals surface area (Å²) in [6, 6.07) is 0. The van der Waals surface area contributed by atoms with Gasteiger partial charge in [0.05, 0.1) is 4.91 Å². The van der Waals surface area contributed by atoms with Crippen molar-refractivity contribution in [2.24, 2.45) is 0 Å². The number of unbranched alkanes of at least 4 members (excludes halogenated alkanes) is 6. The number of amides is 2. The molecule has 192 valence electrons. The van der Waals surface area contributed by atoms with Crippen LogP contribution >= 0.6 is 12.6 Å². The highest BCUT2D eigenvalue weighted by molar-refractivity contribution is 7.90. The van der Waals surface area contributed by atoms with Crippen LogP contribution in [0.1, 0.15) is 97.3 Å². The van der Waals surface area contributed by atoms with Gasteiger partial charge in [0.1, 0.15) is 0 Å². The lowest BCUT2D eigenvalue weighted by molar-refractivity contribution is -0.162. The maximum Gasteiger partial charge on any atom is 0.314 e. The van der Waals surface area contributed by atoms with Crippen LogP contribution in [0.3, 0.4) is 0 Å². The van der Waals surface area contributed by atoms with Crippen LogP contribution in [0.2, 0.25) is 0 Å². The minimum absolute atomic E-state index is 0.0617. The Morgan fingerprint density at radius 3 is 1.86 bits per heavy atom. The van der Waals surface area contributed by atoms with Gasteiger partial charge in [0.15, 0.2) is 0 Å². The molecule has 0 fully saturated rings. The fourth-order valence-corrected chi connectivity index (χ4v) is 5.91. The van der Waals surface area contributed by atoms with Crippen LogP contribution in [0.5, 0.6) is 0 Å². The minimum Gasteiger partial charge on any atom is -0.267 e. The third kappa shape index (κ3) is 7.30. The van der Waals surface area contributed by atoms with Gasteiger partial charge in [0.25, 0.3) is 11.8 Å². The Morgan fingerprint density at radius 2 is 1.34 bits per heavy atom. The summed E-state index contributed by atoms with van der Waals surface area (Å²) in [6.07, 6.45) is 17.6. The first-order chi connectivity index (χ1) is 16.8. The molecule has 0 spiro atoms. The Balaban J connectivity index is 1.64. The quantitative estimate of drug-likeness (QED) is 0.150. The molecular weight excluding hydrogens is 482 g/mol. The molecule has 6 nitrogen and oxygen atoms in total. The number of hydrogen-bond donors (Lipinski definition) is 1. The lowest BCUT2D eigenvalue weighted by atomic mass is 9.98. The van der Waals surface area contributed by atoms with Gasteiger partial charge in [-0.25, -0.2) is 0 Å². The van der Waals surface area contributed by atoms with Crippen LogP contribution in [0.4, 0.5) is 0 Å². The lowest BCUT2D eigenvalue weighted by Crippen LogP contribution is -2.34. The predicted molar refractivity (Wildman–Crippen MR) is 142 cm³/mol. The Kier molecular flexibility index (Phi) is 10.2. The van der Waals surface area contributed by atoms with Crippen LogP contribution in [0.15, 0.2) is 56.4 Å². The van der Waals surface area contributed by atoms with Crippen molar-refractivity contribution in [1.82, 2.24) is 5.06 Å². The molecule has 1 aliphatic heterocycles. The first-order valence-corrected chi connectivity index (χ1v) is 14.6. The van der Waals surface area contributed by atoms with E-state index in [2.05, 4.69) is 26.5 Å². The summed E-state index contributed by atoms with van der Waals surface area (Å²) in [5, 5.41) is 0.481. The molecule has 0 unspecified atom stereocenters. The molecule has 8 heteroatoms. The van der Waals surface area contributed by atoms with E-state index in [1.165, 1.54) is 11.6 Å². The average molecular weight is 520 g/mol. The summed E-state index contributed by atoms with van der Waals surface area (Å²) >= 11 is 4.36. The second-order valence-corrected chi connectivity index (χ2v) is 11.6. The molecular formula is C27H37NO5S2. The van der Waals surface area contributed by atoms with Crippen molar-refractivity contribution in [2.75, 3.05) is 0 Å². The first kappa shape index (κ1) is 27.7. The molecule has 2 amide bonds. The number of allylic oxidation sites excluding steroid dienone is 8. The van der Waals surface area contributed by atoms with E-state index in [1.807, 2.05) is 12.2 Å². The Hall–Kier alpha value is -1.90. The van der Waals surface area contributed by atoms with Crippen molar-refractivity contribution in [1.29, 1.82) is 0 Å². The van der Waals surface area contributed by atoms with Crippen LogP contribution in [-0.2, 0) is 24.0 Å². The monoisotopic (exact) mass is 519 g/mol. The minimum atomic E-state index is -4.27. The summed E-state index contributed by atoms with van der Waals surface area (Å²) in [6.45, 7) is 4.22. The number of nitrogens with zero attached hydrogens (tertiary/aromatic N) is 1. The summed E-state index contributed by atoms with van der Waals surface area (Å²) in [5.41, 5.74) is 2.95. The van der Waals surface area contributed by atoms with E-state index in [1.54, 1.807) is 6.08 Å². The van der Waals surface area contributed by atoms with Gasteiger partial charge in [-0.2, -0.15) is 8.42 Å². The van der Waals surface area contributed by atoms with Crippen LogP contribution in [0.25, 0.3) is 0 Å². The molecule has 0 aromatic carbocycles. The van der Waals surface area contributed by atoms with E-state index in [4.69, 9.17) is 4.28 Å². The molecule has 2 aliphatic carbocycles. The topological polar surface area (TPSA) is 80.8 Å². The lowest BCUT2D eigenvalue weighted by Gasteiger charge is -2.15. The van der Waals surface area contributed by atoms with Crippen molar-refractivity contribution in [3.63, 3.8) is 0 Å². The maximum absolute atomic E-state index is 13.1. The highest BCUT2D eigenvalue weighted by Crippen LogP contribution is 2.35. The molecule has 0 saturated carbocycles. The van der Waals surface area contributed by atoms with Crippen LogP contribution in [-0.4, -0.2) is 25.3 Å². The Morgan fingerprint density at radius 1 is 0.800 bits per heavy atom. The molecule has 0 aromatic heterocycles. The van der Waals surface area contributed by atoms with Gasteiger partial charge >= 0.3 is 10.1 Å². The smallest absolute Gasteiger partial charge is 0.267 e. The second kappa shape index (κ2) is 12.9. The van der Waals surface area contributed by atoms with Crippen molar-refractivity contribution in [3.05, 3.63) is 56.4 Å². The first-order valence-electron chi connectivity index (χ1n) is 12.8. The van der Waals surface area contributed by atoms with Gasteiger partial charge in [-0.3, -0.25) is 9.59 Å². The number of carbonyl (C=O) groups is 2. The number of hydroxylamine groups is 2. The third-order valence-electron chi connectivity index (χ3n) is 6.58. The third-order valence-corrected chi connectivity index (χ3v) is 8.16. The van der Waals surface area contributed by atoms with E-state index < -0.39 is 21.9 Å². The van der Waals surface area contributed by atoms with Gasteiger partial charge in [-0.15, -0.1) is 22.0 Å². The molecule has 0 bridgehead atoms. The van der Waals surface area contributed by atoms with Crippen LogP contribution < -0.4 is 0 Å². The zero-order chi connectivity index (χ0) is 25.4. The van der Waals surface area contributed by atoms with Crippen LogP contribution in [0, 0.1) is 0 Å². The van der Waals surface area contributed by atoms with Crippen molar-refractivity contribution in [3.8, 4) is 0 Å². The number of thiol groups is 1. The molecule has 3 aliphatic rings. The zero-order valence-corrected chi connectivity index (χ0v) is 22.6. The summed E-state index contributed by atoms with van der Waals surface area (Å²) < 4.78 is 31.2. The summed E-state index contributed by atoms with van der Waals surface area (Å²) in [4.78, 5) is 27.2. The SMILES string of the molecule is CCCCCCC1=C(CCCCCC)C(=O)N(OS(=O)(=O)C2=CC=C(CC3=CC=C(S)C3)C2)C1=O. The van der Waals surface area contributed by atoms with Gasteiger partial charge in [-0.1, -0.05) is 81.7 Å². The molecule has 1 heterocycles. The van der Waals surface area contributed by atoms with E-state index in [-0.39, 0.29) is 11.3 Å². The molecule has 0 atom stereocenters. The maximum atomic E-state index is 13.1. The van der Waals surface area contributed by atoms with E-state index in [0.717, 1.165) is 68.3 Å². The van der Waals surface area contributed by atoms with E-state index in [9.17, 15) is 18.0 Å². The predicted octanol–water partition coefficient (Wildman–Crippen LogP) is 6.60. The molecule has 35 heavy (non-hydrogen) atoms. The van der Waals surface area contributed by atoms with Gasteiger partial charge in [-0.05, 0) is 49.5 Å². The van der Waals surface area contributed by atoms with Crippen molar-refractivity contribution >= 4 is 34.6 Å². The highest BCUT2D eigenvalue weighted by Gasteiger charge is 2.42. The molecule has 0 aromatic rings. The number of imide groups is 1. The molecule has 0 radical (unpaired) electrons. The molecule has 0 saturated heterocycles. The fourth-order valence-electron chi connectivity index (χ4n) is 4.61. The van der Waals surface area contributed by atoms with Gasteiger partial charge in [0, 0.05) is 17.6 Å². The van der Waals surface area contributed by atoms with E-state index in [0.29, 0.717) is 35.5 Å². The summed E-state index contributed by atoms with van der Waals surface area (Å²) in [5.74, 6) is -1.26. The van der Waals surface area contributed by atoms with Crippen molar-refractivity contribution in [2.45, 2.75) is 97.3 Å². The standard InChI is InChI=1S/C27H37NO5S2/c1-3-5-7-9-11-24-25(12-10-8-6-4-2)27(30)28(26(24)29)33-35(31,32)23-16-14-21(19-23)17-20-13-15-22(34)18-20/h13-16,34H,3-12,17-19H2,1-2H3. The van der Waals surface area contributed by atoms with Crippen molar-refractivity contribution < 1.29 is 22.3 Å².